The monoisotopic (exact) mass is 321 g/mol. The third kappa shape index (κ3) is 4.96. The predicted octanol–water partition coefficient (Wildman–Crippen LogP) is 1.79. The average Bonchev–Trinajstić information content (AvgIpc) is 2.50. The van der Waals surface area contributed by atoms with E-state index in [4.69, 9.17) is 0 Å². The molecule has 0 bridgehead atoms. The number of nitrogens with zero attached hydrogens (tertiary/aromatic N) is 3. The Balaban J connectivity index is 2.06. The predicted molar refractivity (Wildman–Crippen MR) is 82.6 cm³/mol. The zero-order valence-corrected chi connectivity index (χ0v) is 12.8. The number of nitrogens with one attached hydrogen (secondary N) is 2. The maximum Gasteiger partial charge on any atom is 0.270 e. The van der Waals surface area contributed by atoms with Gasteiger partial charge in [-0.3, -0.25) is 4.79 Å². The number of anilines is 2. The van der Waals surface area contributed by atoms with Crippen LogP contribution >= 0.6 is 0 Å². The van der Waals surface area contributed by atoms with Crippen LogP contribution in [0, 0.1) is 11.6 Å². The van der Waals surface area contributed by atoms with Crippen LogP contribution in [0.3, 0.4) is 0 Å². The average molecular weight is 321 g/mol. The Morgan fingerprint density at radius 3 is 2.70 bits per heavy atom. The molecule has 23 heavy (non-hydrogen) atoms. The van der Waals surface area contributed by atoms with Gasteiger partial charge in [0.1, 0.15) is 29.5 Å². The van der Waals surface area contributed by atoms with Crippen LogP contribution in [0.25, 0.3) is 0 Å². The molecule has 0 aliphatic carbocycles. The number of halogens is 2. The summed E-state index contributed by atoms with van der Waals surface area (Å²) in [5, 5.41) is 5.41. The highest BCUT2D eigenvalue weighted by Gasteiger charge is 2.10. The molecule has 2 rings (SSSR count). The van der Waals surface area contributed by atoms with Crippen molar-refractivity contribution in [3.63, 3.8) is 0 Å². The molecular formula is C15H17F2N5O. The van der Waals surface area contributed by atoms with Crippen LogP contribution in [0.1, 0.15) is 10.5 Å². The van der Waals surface area contributed by atoms with Crippen LogP contribution in [0.4, 0.5) is 20.3 Å². The first-order valence-corrected chi connectivity index (χ1v) is 6.93. The van der Waals surface area contributed by atoms with Gasteiger partial charge in [0.15, 0.2) is 0 Å². The van der Waals surface area contributed by atoms with Crippen molar-refractivity contribution in [1.29, 1.82) is 0 Å². The van der Waals surface area contributed by atoms with E-state index < -0.39 is 11.6 Å². The molecule has 6 nitrogen and oxygen atoms in total. The first-order valence-electron chi connectivity index (χ1n) is 6.93. The molecule has 0 fully saturated rings. The quantitative estimate of drug-likeness (QED) is 0.849. The minimum Gasteiger partial charge on any atom is -0.349 e. The standard InChI is InChI=1S/C15H17F2N5O/c1-22(2)6-5-18-15(23)13-8-14(20-9-19-13)21-12-4-3-10(16)7-11(12)17/h3-4,7-9H,5-6H2,1-2H3,(H,18,23)(H,19,20,21). The normalized spacial score (nSPS) is 10.7. The number of benzene rings is 1. The second-order valence-electron chi connectivity index (χ2n) is 5.10. The van der Waals surface area contributed by atoms with Gasteiger partial charge in [-0.25, -0.2) is 18.7 Å². The Morgan fingerprint density at radius 2 is 2.00 bits per heavy atom. The number of amides is 1. The number of likely N-dealkylation sites (N-methyl/N-ethyl adjacent to an activating group) is 1. The van der Waals surface area contributed by atoms with E-state index in [-0.39, 0.29) is 23.1 Å². The Morgan fingerprint density at radius 1 is 1.22 bits per heavy atom. The molecule has 0 saturated heterocycles. The molecule has 1 aromatic heterocycles. The second kappa shape index (κ2) is 7.59. The van der Waals surface area contributed by atoms with E-state index in [1.165, 1.54) is 18.5 Å². The van der Waals surface area contributed by atoms with Crippen LogP contribution < -0.4 is 10.6 Å². The van der Waals surface area contributed by atoms with Gasteiger partial charge in [-0.15, -0.1) is 0 Å². The molecule has 8 heteroatoms. The lowest BCUT2D eigenvalue weighted by Gasteiger charge is -2.11. The van der Waals surface area contributed by atoms with E-state index in [1.807, 2.05) is 19.0 Å². The summed E-state index contributed by atoms with van der Waals surface area (Å²) in [7, 11) is 3.80. The molecule has 0 unspecified atom stereocenters. The van der Waals surface area contributed by atoms with Crippen LogP contribution in [0.15, 0.2) is 30.6 Å². The van der Waals surface area contributed by atoms with Crippen molar-refractivity contribution in [1.82, 2.24) is 20.2 Å². The van der Waals surface area contributed by atoms with Crippen molar-refractivity contribution < 1.29 is 13.6 Å². The van der Waals surface area contributed by atoms with Gasteiger partial charge in [0.25, 0.3) is 5.91 Å². The minimum absolute atomic E-state index is 0.0593. The molecule has 0 aliphatic rings. The zero-order valence-electron chi connectivity index (χ0n) is 12.8. The summed E-state index contributed by atoms with van der Waals surface area (Å²) < 4.78 is 26.5. The molecule has 2 aromatic rings. The number of aromatic nitrogens is 2. The van der Waals surface area contributed by atoms with Crippen LogP contribution in [0.5, 0.6) is 0 Å². The van der Waals surface area contributed by atoms with Gasteiger partial charge in [-0.1, -0.05) is 0 Å². The van der Waals surface area contributed by atoms with Crippen LogP contribution in [-0.4, -0.2) is 48.0 Å². The maximum atomic E-state index is 13.6. The summed E-state index contributed by atoms with van der Waals surface area (Å²) >= 11 is 0. The lowest BCUT2D eigenvalue weighted by Crippen LogP contribution is -2.31. The van der Waals surface area contributed by atoms with Crippen molar-refractivity contribution >= 4 is 17.4 Å². The van der Waals surface area contributed by atoms with Crippen molar-refractivity contribution in [2.75, 3.05) is 32.5 Å². The molecule has 1 heterocycles. The molecule has 2 N–H and O–H groups in total. The molecule has 0 atom stereocenters. The summed E-state index contributed by atoms with van der Waals surface area (Å²) in [6.07, 6.45) is 1.20. The Bertz CT molecular complexity index is 693. The van der Waals surface area contributed by atoms with Gasteiger partial charge in [0.05, 0.1) is 5.69 Å². The van der Waals surface area contributed by atoms with E-state index in [2.05, 4.69) is 20.6 Å². The molecule has 1 aromatic carbocycles. The van der Waals surface area contributed by atoms with Crippen LogP contribution in [0.2, 0.25) is 0 Å². The highest BCUT2D eigenvalue weighted by Crippen LogP contribution is 2.19. The summed E-state index contributed by atoms with van der Waals surface area (Å²) in [4.78, 5) is 21.7. The fourth-order valence-corrected chi connectivity index (χ4v) is 1.76. The number of hydrogen-bond donors (Lipinski definition) is 2. The molecular weight excluding hydrogens is 304 g/mol. The third-order valence-electron chi connectivity index (χ3n) is 2.94. The van der Waals surface area contributed by atoms with Gasteiger partial charge in [-0.2, -0.15) is 0 Å². The summed E-state index contributed by atoms with van der Waals surface area (Å²) in [5.74, 6) is -1.53. The Labute approximate surface area is 132 Å². The largest absolute Gasteiger partial charge is 0.349 e. The number of rotatable bonds is 6. The molecule has 0 saturated carbocycles. The van der Waals surface area contributed by atoms with Crippen LogP contribution in [-0.2, 0) is 0 Å². The van der Waals surface area contributed by atoms with E-state index in [9.17, 15) is 13.6 Å². The van der Waals surface area contributed by atoms with Gasteiger partial charge < -0.3 is 15.5 Å². The maximum absolute atomic E-state index is 13.6. The number of hydrogen-bond acceptors (Lipinski definition) is 5. The van der Waals surface area contributed by atoms with Gasteiger partial charge in [0.2, 0.25) is 0 Å². The molecule has 122 valence electrons. The third-order valence-corrected chi connectivity index (χ3v) is 2.94. The lowest BCUT2D eigenvalue weighted by atomic mass is 10.3. The van der Waals surface area contributed by atoms with Crippen molar-refractivity contribution in [3.8, 4) is 0 Å². The summed E-state index contributed by atoms with van der Waals surface area (Å²) in [6, 6.07) is 4.54. The Hall–Kier alpha value is -2.61. The zero-order chi connectivity index (χ0) is 16.8. The first kappa shape index (κ1) is 16.8. The van der Waals surface area contributed by atoms with E-state index in [1.54, 1.807) is 0 Å². The molecule has 0 aliphatic heterocycles. The van der Waals surface area contributed by atoms with E-state index in [0.717, 1.165) is 12.1 Å². The highest BCUT2D eigenvalue weighted by molar-refractivity contribution is 5.92. The fourth-order valence-electron chi connectivity index (χ4n) is 1.76. The van der Waals surface area contributed by atoms with Gasteiger partial charge in [-0.05, 0) is 26.2 Å². The van der Waals surface area contributed by atoms with Crippen molar-refractivity contribution in [2.45, 2.75) is 0 Å². The molecule has 0 spiro atoms. The van der Waals surface area contributed by atoms with E-state index >= 15 is 0 Å². The topological polar surface area (TPSA) is 70.2 Å². The van der Waals surface area contributed by atoms with Gasteiger partial charge >= 0.3 is 0 Å². The summed E-state index contributed by atoms with van der Waals surface area (Å²) in [5.41, 5.74) is 0.216. The number of carbonyl (C=O) groups is 1. The van der Waals surface area contributed by atoms with Crippen molar-refractivity contribution in [2.24, 2.45) is 0 Å². The first-order chi connectivity index (χ1) is 11.0. The van der Waals surface area contributed by atoms with E-state index in [0.29, 0.717) is 13.1 Å². The smallest absolute Gasteiger partial charge is 0.270 e. The van der Waals surface area contributed by atoms with Crippen molar-refractivity contribution in [3.05, 3.63) is 47.9 Å². The second-order valence-corrected chi connectivity index (χ2v) is 5.10. The molecule has 1 amide bonds. The SMILES string of the molecule is CN(C)CCNC(=O)c1cc(Nc2ccc(F)cc2F)ncn1. The lowest BCUT2D eigenvalue weighted by molar-refractivity contribution is 0.0946. The number of carbonyl (C=O) groups excluding carboxylic acids is 1. The van der Waals surface area contributed by atoms with Gasteiger partial charge in [0, 0.05) is 25.2 Å². The fraction of sp³-hybridized carbons (Fsp3) is 0.267. The Kier molecular flexibility index (Phi) is 5.53. The minimum atomic E-state index is -0.749. The highest BCUT2D eigenvalue weighted by atomic mass is 19.1. The summed E-state index contributed by atoms with van der Waals surface area (Å²) in [6.45, 7) is 1.17. The molecule has 0 radical (unpaired) electrons.